The number of rotatable bonds is 5. The first-order valence-electron chi connectivity index (χ1n) is 5.47. The third-order valence-corrected chi connectivity index (χ3v) is 2.38. The second-order valence-electron chi connectivity index (χ2n) is 3.74. The van der Waals surface area contributed by atoms with Crippen molar-refractivity contribution in [2.45, 2.75) is 13.2 Å². The minimum Gasteiger partial charge on any atom is -0.370 e. The van der Waals surface area contributed by atoms with Crippen LogP contribution >= 0.6 is 0 Å². The van der Waals surface area contributed by atoms with Crippen molar-refractivity contribution in [3.05, 3.63) is 70.0 Å². The van der Waals surface area contributed by atoms with Crippen molar-refractivity contribution in [1.82, 2.24) is 4.98 Å². The highest BCUT2D eigenvalue weighted by atomic mass is 16.6. The zero-order valence-electron chi connectivity index (χ0n) is 9.65. The molecule has 0 atom stereocenters. The topological polar surface area (TPSA) is 65.3 Å². The average molecular weight is 244 g/mol. The second kappa shape index (κ2) is 5.88. The molecule has 0 radical (unpaired) electrons. The Hall–Kier alpha value is -2.27. The molecule has 1 heterocycles. The maximum absolute atomic E-state index is 10.4. The first-order chi connectivity index (χ1) is 8.75. The van der Waals surface area contributed by atoms with Crippen molar-refractivity contribution < 1.29 is 9.66 Å². The van der Waals surface area contributed by atoms with Crippen LogP contribution in [0.25, 0.3) is 0 Å². The molecule has 0 amide bonds. The Labute approximate surface area is 104 Å². The molecule has 5 nitrogen and oxygen atoms in total. The Morgan fingerprint density at radius 3 is 2.50 bits per heavy atom. The summed E-state index contributed by atoms with van der Waals surface area (Å²) in [5.74, 6) is 0. The van der Waals surface area contributed by atoms with Gasteiger partial charge in [0.25, 0.3) is 5.69 Å². The Morgan fingerprint density at radius 2 is 1.89 bits per heavy atom. The Morgan fingerprint density at radius 1 is 1.11 bits per heavy atom. The van der Waals surface area contributed by atoms with Gasteiger partial charge in [-0.2, -0.15) is 0 Å². The zero-order chi connectivity index (χ0) is 12.8. The standard InChI is InChI=1S/C13H12N2O3/c16-15(17)13-7-6-12(14-8-13)10-18-9-11-4-2-1-3-5-11/h1-8H,9-10H2. The smallest absolute Gasteiger partial charge is 0.287 e. The normalized spacial score (nSPS) is 10.2. The van der Waals surface area contributed by atoms with Crippen molar-refractivity contribution in [3.63, 3.8) is 0 Å². The van der Waals surface area contributed by atoms with E-state index in [0.29, 0.717) is 18.9 Å². The molecule has 92 valence electrons. The van der Waals surface area contributed by atoms with Crippen molar-refractivity contribution in [2.75, 3.05) is 0 Å². The van der Waals surface area contributed by atoms with Gasteiger partial charge < -0.3 is 4.74 Å². The van der Waals surface area contributed by atoms with Crippen LogP contribution in [0.2, 0.25) is 0 Å². The van der Waals surface area contributed by atoms with Gasteiger partial charge in [0.05, 0.1) is 23.8 Å². The van der Waals surface area contributed by atoms with Crippen LogP contribution in [0, 0.1) is 10.1 Å². The largest absolute Gasteiger partial charge is 0.370 e. The van der Waals surface area contributed by atoms with Gasteiger partial charge in [0, 0.05) is 6.07 Å². The number of nitrogens with zero attached hydrogens (tertiary/aromatic N) is 2. The SMILES string of the molecule is O=[N+]([O-])c1ccc(COCc2ccccc2)nc1. The summed E-state index contributed by atoms with van der Waals surface area (Å²) < 4.78 is 5.47. The summed E-state index contributed by atoms with van der Waals surface area (Å²) in [7, 11) is 0. The van der Waals surface area contributed by atoms with Crippen LogP contribution < -0.4 is 0 Å². The highest BCUT2D eigenvalue weighted by molar-refractivity contribution is 5.26. The van der Waals surface area contributed by atoms with Gasteiger partial charge in [-0.3, -0.25) is 15.1 Å². The van der Waals surface area contributed by atoms with Crippen LogP contribution in [0.4, 0.5) is 5.69 Å². The fourth-order valence-electron chi connectivity index (χ4n) is 1.46. The lowest BCUT2D eigenvalue weighted by molar-refractivity contribution is -0.385. The molecule has 0 bridgehead atoms. The molecule has 0 N–H and O–H groups in total. The quantitative estimate of drug-likeness (QED) is 0.599. The highest BCUT2D eigenvalue weighted by Crippen LogP contribution is 2.10. The van der Waals surface area contributed by atoms with Crippen LogP contribution in [0.1, 0.15) is 11.3 Å². The van der Waals surface area contributed by atoms with Gasteiger partial charge >= 0.3 is 0 Å². The van der Waals surface area contributed by atoms with E-state index in [4.69, 9.17) is 4.74 Å². The molecule has 0 aliphatic carbocycles. The van der Waals surface area contributed by atoms with E-state index in [1.165, 1.54) is 12.3 Å². The molecule has 2 rings (SSSR count). The number of ether oxygens (including phenoxy) is 1. The molecule has 0 unspecified atom stereocenters. The van der Waals surface area contributed by atoms with E-state index in [-0.39, 0.29) is 5.69 Å². The summed E-state index contributed by atoms with van der Waals surface area (Å²) in [6.07, 6.45) is 1.24. The van der Waals surface area contributed by atoms with Gasteiger partial charge in [0.2, 0.25) is 0 Å². The molecule has 0 aliphatic rings. The average Bonchev–Trinajstić information content (AvgIpc) is 2.40. The van der Waals surface area contributed by atoms with Gasteiger partial charge in [-0.1, -0.05) is 30.3 Å². The van der Waals surface area contributed by atoms with E-state index in [0.717, 1.165) is 5.56 Å². The molecule has 18 heavy (non-hydrogen) atoms. The van der Waals surface area contributed by atoms with Gasteiger partial charge in [-0.25, -0.2) is 0 Å². The number of hydrogen-bond donors (Lipinski definition) is 0. The van der Waals surface area contributed by atoms with E-state index in [1.807, 2.05) is 30.3 Å². The number of benzene rings is 1. The lowest BCUT2D eigenvalue weighted by atomic mass is 10.2. The lowest BCUT2D eigenvalue weighted by Gasteiger charge is -2.03. The number of hydrogen-bond acceptors (Lipinski definition) is 4. The summed E-state index contributed by atoms with van der Waals surface area (Å²) in [6.45, 7) is 0.840. The Kier molecular flexibility index (Phi) is 3.98. The molecule has 0 saturated heterocycles. The lowest BCUT2D eigenvalue weighted by Crippen LogP contribution is -1.97. The minimum absolute atomic E-state index is 0.0122. The number of pyridine rings is 1. The first-order valence-corrected chi connectivity index (χ1v) is 5.47. The highest BCUT2D eigenvalue weighted by Gasteiger charge is 2.05. The Balaban J connectivity index is 1.85. The molecule has 5 heteroatoms. The predicted octanol–water partition coefficient (Wildman–Crippen LogP) is 2.71. The fourth-order valence-corrected chi connectivity index (χ4v) is 1.46. The van der Waals surface area contributed by atoms with E-state index in [9.17, 15) is 10.1 Å². The Bertz CT molecular complexity index is 512. The first kappa shape index (κ1) is 12.2. The van der Waals surface area contributed by atoms with E-state index in [2.05, 4.69) is 4.98 Å². The predicted molar refractivity (Wildman–Crippen MR) is 65.8 cm³/mol. The zero-order valence-corrected chi connectivity index (χ0v) is 9.65. The molecule has 0 spiro atoms. The molecule has 0 fully saturated rings. The van der Waals surface area contributed by atoms with Crippen LogP contribution in [0.3, 0.4) is 0 Å². The van der Waals surface area contributed by atoms with Crippen molar-refractivity contribution in [1.29, 1.82) is 0 Å². The van der Waals surface area contributed by atoms with E-state index in [1.54, 1.807) is 6.07 Å². The van der Waals surface area contributed by atoms with E-state index < -0.39 is 4.92 Å². The molecular formula is C13H12N2O3. The number of aromatic nitrogens is 1. The van der Waals surface area contributed by atoms with E-state index >= 15 is 0 Å². The van der Waals surface area contributed by atoms with Gasteiger partial charge in [-0.15, -0.1) is 0 Å². The van der Waals surface area contributed by atoms with Crippen molar-refractivity contribution in [3.8, 4) is 0 Å². The van der Waals surface area contributed by atoms with Gasteiger partial charge in [-0.05, 0) is 11.6 Å². The van der Waals surface area contributed by atoms with Crippen molar-refractivity contribution >= 4 is 5.69 Å². The molecule has 2 aromatic rings. The minimum atomic E-state index is -0.471. The maximum Gasteiger partial charge on any atom is 0.287 e. The van der Waals surface area contributed by atoms with Crippen LogP contribution in [-0.2, 0) is 18.0 Å². The van der Waals surface area contributed by atoms with Crippen molar-refractivity contribution in [2.24, 2.45) is 0 Å². The summed E-state index contributed by atoms with van der Waals surface area (Å²) in [5.41, 5.74) is 1.75. The summed E-state index contributed by atoms with van der Waals surface area (Å²) >= 11 is 0. The molecular weight excluding hydrogens is 232 g/mol. The van der Waals surface area contributed by atoms with Crippen LogP contribution in [0.15, 0.2) is 48.7 Å². The third kappa shape index (κ3) is 3.36. The molecule has 1 aromatic carbocycles. The van der Waals surface area contributed by atoms with Gasteiger partial charge in [0.1, 0.15) is 6.20 Å². The van der Waals surface area contributed by atoms with Crippen LogP contribution in [-0.4, -0.2) is 9.91 Å². The third-order valence-electron chi connectivity index (χ3n) is 2.38. The number of nitro groups is 1. The molecule has 0 aliphatic heterocycles. The van der Waals surface area contributed by atoms with Gasteiger partial charge in [0.15, 0.2) is 0 Å². The summed E-state index contributed by atoms with van der Waals surface area (Å²) in [4.78, 5) is 13.9. The molecule has 0 saturated carbocycles. The van der Waals surface area contributed by atoms with Crippen LogP contribution in [0.5, 0.6) is 0 Å². The second-order valence-corrected chi connectivity index (χ2v) is 3.74. The molecule has 1 aromatic heterocycles. The summed E-state index contributed by atoms with van der Waals surface area (Å²) in [6, 6.07) is 12.8. The fraction of sp³-hybridized carbons (Fsp3) is 0.154. The monoisotopic (exact) mass is 244 g/mol. The maximum atomic E-state index is 10.4. The summed E-state index contributed by atoms with van der Waals surface area (Å²) in [5, 5.41) is 10.4.